The van der Waals surface area contributed by atoms with Crippen LogP contribution >= 0.6 is 11.8 Å². The Hall–Kier alpha value is -2.06. The second-order valence-electron chi connectivity index (χ2n) is 5.37. The average molecular weight is 380 g/mol. The number of methoxy groups -OCH3 is 1. The largest absolute Gasteiger partial charge is 0.469 e. The quantitative estimate of drug-likeness (QED) is 0.709. The molecule has 0 radical (unpaired) electrons. The van der Waals surface area contributed by atoms with Crippen molar-refractivity contribution in [2.75, 3.05) is 11.8 Å². The van der Waals surface area contributed by atoms with E-state index in [1.54, 1.807) is 54.2 Å². The molecule has 1 N–H and O–H groups in total. The van der Waals surface area contributed by atoms with Crippen LogP contribution in [0.15, 0.2) is 53.6 Å². The summed E-state index contributed by atoms with van der Waals surface area (Å²) in [5.41, 5.74) is 0.985. The molecule has 134 valence electrons. The van der Waals surface area contributed by atoms with E-state index in [0.717, 1.165) is 5.56 Å². The van der Waals surface area contributed by atoms with Gasteiger partial charge in [0.25, 0.3) is 10.0 Å². The van der Waals surface area contributed by atoms with Crippen molar-refractivity contribution in [3.8, 4) is 0 Å². The van der Waals surface area contributed by atoms with Gasteiger partial charge in [-0.2, -0.15) is 11.8 Å². The van der Waals surface area contributed by atoms with Crippen LogP contribution in [0.5, 0.6) is 0 Å². The highest BCUT2D eigenvalue weighted by Gasteiger charge is 2.15. The second kappa shape index (κ2) is 8.87. The number of thioether (sulfide) groups is 1. The third-order valence-corrected chi connectivity index (χ3v) is 5.96. The molecule has 1 aromatic carbocycles. The lowest BCUT2D eigenvalue weighted by molar-refractivity contribution is -0.140. The lowest BCUT2D eigenvalue weighted by atomic mass is 10.2. The number of benzene rings is 1. The summed E-state index contributed by atoms with van der Waals surface area (Å²) >= 11 is 1.61. The molecule has 6 nitrogen and oxygen atoms in total. The van der Waals surface area contributed by atoms with Crippen LogP contribution in [-0.4, -0.2) is 31.7 Å². The van der Waals surface area contributed by atoms with Crippen LogP contribution in [0.2, 0.25) is 0 Å². The van der Waals surface area contributed by atoms with Crippen LogP contribution < -0.4 is 4.72 Å². The molecule has 8 heteroatoms. The first-order chi connectivity index (χ1) is 11.9. The summed E-state index contributed by atoms with van der Waals surface area (Å²) in [4.78, 5) is 15.4. The van der Waals surface area contributed by atoms with E-state index < -0.39 is 10.0 Å². The van der Waals surface area contributed by atoms with E-state index in [2.05, 4.69) is 14.4 Å². The molecule has 2 aromatic rings. The van der Waals surface area contributed by atoms with Gasteiger partial charge in [0.1, 0.15) is 5.82 Å². The molecule has 0 saturated heterocycles. The predicted octanol–water partition coefficient (Wildman–Crippen LogP) is 3.07. The Balaban J connectivity index is 1.96. The van der Waals surface area contributed by atoms with Crippen LogP contribution in [0.3, 0.4) is 0 Å². The third-order valence-electron chi connectivity index (χ3n) is 3.35. The number of aromatic nitrogens is 1. The standard InChI is InChI=1S/C17H20N2O4S2/c1-13(11-17(20)23-2)24-12-14-6-8-15(9-7-14)25(21,22)19-16-5-3-4-10-18-16/h3-10,13H,11-12H2,1-2H3,(H,18,19). The summed E-state index contributed by atoms with van der Waals surface area (Å²) in [5, 5.41) is 0.127. The Morgan fingerprint density at radius 1 is 1.24 bits per heavy atom. The van der Waals surface area contributed by atoms with Crippen LogP contribution in [0, 0.1) is 0 Å². The minimum atomic E-state index is -3.66. The number of rotatable bonds is 8. The molecule has 1 aromatic heterocycles. The van der Waals surface area contributed by atoms with Gasteiger partial charge in [-0.15, -0.1) is 0 Å². The Morgan fingerprint density at radius 3 is 2.56 bits per heavy atom. The van der Waals surface area contributed by atoms with Gasteiger partial charge in [0.2, 0.25) is 0 Å². The van der Waals surface area contributed by atoms with Crippen molar-refractivity contribution >= 4 is 33.6 Å². The number of hydrogen-bond acceptors (Lipinski definition) is 6. The first kappa shape index (κ1) is 19.3. The highest BCUT2D eigenvalue weighted by atomic mass is 32.2. The molecule has 2 rings (SSSR count). The summed E-state index contributed by atoms with van der Waals surface area (Å²) in [7, 11) is -2.29. The molecule has 0 aliphatic rings. The van der Waals surface area contributed by atoms with Gasteiger partial charge in [-0.1, -0.05) is 25.1 Å². The second-order valence-corrected chi connectivity index (χ2v) is 8.48. The van der Waals surface area contributed by atoms with E-state index in [-0.39, 0.29) is 21.9 Å². The van der Waals surface area contributed by atoms with Crippen molar-refractivity contribution in [2.24, 2.45) is 0 Å². The molecule has 1 heterocycles. The van der Waals surface area contributed by atoms with Crippen LogP contribution in [0.25, 0.3) is 0 Å². The Bertz CT molecular complexity index is 793. The van der Waals surface area contributed by atoms with E-state index in [4.69, 9.17) is 0 Å². The Kier molecular flexibility index (Phi) is 6.83. The van der Waals surface area contributed by atoms with Crippen molar-refractivity contribution < 1.29 is 17.9 Å². The highest BCUT2D eigenvalue weighted by Crippen LogP contribution is 2.22. The highest BCUT2D eigenvalue weighted by molar-refractivity contribution is 7.99. The molecule has 1 unspecified atom stereocenters. The fourth-order valence-electron chi connectivity index (χ4n) is 2.00. The van der Waals surface area contributed by atoms with Crippen molar-refractivity contribution in [3.05, 3.63) is 54.2 Å². The van der Waals surface area contributed by atoms with Gasteiger partial charge >= 0.3 is 5.97 Å². The molecular formula is C17H20N2O4S2. The van der Waals surface area contributed by atoms with Crippen LogP contribution in [-0.2, 0) is 25.3 Å². The molecule has 0 aliphatic carbocycles. The Labute approximate surface area is 152 Å². The number of esters is 1. The topological polar surface area (TPSA) is 85.4 Å². The first-order valence-electron chi connectivity index (χ1n) is 7.62. The molecule has 0 saturated carbocycles. The minimum Gasteiger partial charge on any atom is -0.469 e. The molecular weight excluding hydrogens is 360 g/mol. The zero-order valence-electron chi connectivity index (χ0n) is 14.0. The number of sulfonamides is 1. The maximum absolute atomic E-state index is 12.3. The maximum atomic E-state index is 12.3. The zero-order chi connectivity index (χ0) is 18.3. The SMILES string of the molecule is COC(=O)CC(C)SCc1ccc(S(=O)(=O)Nc2ccccn2)cc1. The van der Waals surface area contributed by atoms with Crippen molar-refractivity contribution in [2.45, 2.75) is 29.2 Å². The van der Waals surface area contributed by atoms with Gasteiger partial charge in [-0.3, -0.25) is 9.52 Å². The molecule has 0 aliphatic heterocycles. The third kappa shape index (κ3) is 6.06. The van der Waals surface area contributed by atoms with Crippen molar-refractivity contribution in [1.82, 2.24) is 4.98 Å². The van der Waals surface area contributed by atoms with Gasteiger partial charge in [0, 0.05) is 17.2 Å². The van der Waals surface area contributed by atoms with Crippen molar-refractivity contribution in [1.29, 1.82) is 0 Å². The van der Waals surface area contributed by atoms with Gasteiger partial charge in [0.15, 0.2) is 0 Å². The lowest BCUT2D eigenvalue weighted by Gasteiger charge is -2.11. The number of anilines is 1. The maximum Gasteiger partial charge on any atom is 0.306 e. The summed E-state index contributed by atoms with van der Waals surface area (Å²) in [6, 6.07) is 11.7. The summed E-state index contributed by atoms with van der Waals surface area (Å²) in [5.74, 6) is 0.729. The summed E-state index contributed by atoms with van der Waals surface area (Å²) < 4.78 is 31.7. The van der Waals surface area contributed by atoms with Gasteiger partial charge in [-0.05, 0) is 29.8 Å². The number of nitrogens with zero attached hydrogens (tertiary/aromatic N) is 1. The molecule has 0 amide bonds. The van der Waals surface area contributed by atoms with E-state index in [1.807, 2.05) is 6.92 Å². The number of carbonyl (C=O) groups excluding carboxylic acids is 1. The fourth-order valence-corrected chi connectivity index (χ4v) is 3.93. The molecule has 25 heavy (non-hydrogen) atoms. The number of hydrogen-bond donors (Lipinski definition) is 1. The van der Waals surface area contributed by atoms with E-state index in [9.17, 15) is 13.2 Å². The Morgan fingerprint density at radius 2 is 1.96 bits per heavy atom. The average Bonchev–Trinajstić information content (AvgIpc) is 2.60. The van der Waals surface area contributed by atoms with Gasteiger partial charge in [-0.25, -0.2) is 13.4 Å². The lowest BCUT2D eigenvalue weighted by Crippen LogP contribution is -2.13. The summed E-state index contributed by atoms with van der Waals surface area (Å²) in [6.07, 6.45) is 1.87. The molecule has 0 spiro atoms. The number of carbonyl (C=O) groups is 1. The number of nitrogens with one attached hydrogen (secondary N) is 1. The van der Waals surface area contributed by atoms with Crippen molar-refractivity contribution in [3.63, 3.8) is 0 Å². The molecule has 0 bridgehead atoms. The van der Waals surface area contributed by atoms with E-state index in [0.29, 0.717) is 12.2 Å². The van der Waals surface area contributed by atoms with Gasteiger partial charge < -0.3 is 4.74 Å². The number of pyridine rings is 1. The van der Waals surface area contributed by atoms with Crippen LogP contribution in [0.1, 0.15) is 18.9 Å². The van der Waals surface area contributed by atoms with Gasteiger partial charge in [0.05, 0.1) is 18.4 Å². The molecule has 1 atom stereocenters. The smallest absolute Gasteiger partial charge is 0.306 e. The minimum absolute atomic E-state index is 0.127. The molecule has 0 fully saturated rings. The monoisotopic (exact) mass is 380 g/mol. The fraction of sp³-hybridized carbons (Fsp3) is 0.294. The normalized spacial score (nSPS) is 12.4. The van der Waals surface area contributed by atoms with E-state index in [1.165, 1.54) is 13.3 Å². The van der Waals surface area contributed by atoms with E-state index >= 15 is 0 Å². The first-order valence-corrected chi connectivity index (χ1v) is 10.1. The number of ether oxygens (including phenoxy) is 1. The zero-order valence-corrected chi connectivity index (χ0v) is 15.6. The van der Waals surface area contributed by atoms with Crippen LogP contribution in [0.4, 0.5) is 5.82 Å². The predicted molar refractivity (Wildman–Crippen MR) is 98.9 cm³/mol. The summed E-state index contributed by atoms with van der Waals surface area (Å²) in [6.45, 7) is 1.96.